The van der Waals surface area contributed by atoms with Crippen LogP contribution in [0.4, 0.5) is 0 Å². The summed E-state index contributed by atoms with van der Waals surface area (Å²) in [5, 5.41) is 0. The molecule has 0 rings (SSSR count). The first kappa shape index (κ1) is 367. The zero-order valence-electron chi connectivity index (χ0n) is 33.7. The Morgan fingerprint density at radius 1 is 0.140 bits per heavy atom. The van der Waals surface area contributed by atoms with Crippen molar-refractivity contribution in [1.29, 1.82) is 0 Å². The zero-order chi connectivity index (χ0) is 8.12. The van der Waals surface area contributed by atoms with Gasteiger partial charge < -0.3 is 536 Å². The maximum atomic E-state index is 2.39. The van der Waals surface area contributed by atoms with Gasteiger partial charge in [-0.3, -0.25) is 0 Å². The molecular weight excluding hydrogens is 6070 g/mol. The van der Waals surface area contributed by atoms with Crippen molar-refractivity contribution in [2.24, 2.45) is 0 Å². The third-order valence-electron chi connectivity index (χ3n) is 0. The van der Waals surface area contributed by atoms with Crippen molar-refractivity contribution in [3.8, 4) is 0 Å². The van der Waals surface area contributed by atoms with Crippen molar-refractivity contribution in [3.63, 3.8) is 0 Å². The Bertz CT molecular complexity index is 94.7. The summed E-state index contributed by atoms with van der Waals surface area (Å²) in [5.41, 5.74) is 0. The second-order valence-electron chi connectivity index (χ2n) is 0.162. The molecule has 9 radical (unpaired) electrons. The van der Waals surface area contributed by atoms with Gasteiger partial charge in [-0.1, -0.05) is 0 Å². The van der Waals surface area contributed by atoms with Crippen LogP contribution in [0, 0.1) is 0 Å². The molecular formula is H12Bi3I30O6Rb18. The van der Waals surface area contributed by atoms with E-state index in [0.29, 0.717) is 39.8 Å². The summed E-state index contributed by atoms with van der Waals surface area (Å²) in [5.74, 6) is 0. The molecule has 0 aliphatic carbocycles. The first-order valence-corrected chi connectivity index (χ1v) is 38.6. The molecule has 6 nitrogen and oxygen atoms in total. The quantitative estimate of drug-likeness (QED) is 0.165. The van der Waals surface area contributed by atoms with Gasteiger partial charge in [-0.05, 0) is 0 Å². The molecule has 0 saturated heterocycles. The van der Waals surface area contributed by atoms with E-state index in [1.807, 2.05) is 0 Å². The average molecular weight is 6080 g/mol. The predicted molar refractivity (Wildman–Crippen MR) is 123 cm³/mol. The van der Waals surface area contributed by atoms with Crippen LogP contribution in [0.15, 0.2) is 0 Å². The minimum absolute atomic E-state index is 0. The molecule has 0 spiro atoms. The van der Waals surface area contributed by atoms with Gasteiger partial charge in [0.2, 0.25) is 0 Å². The fourth-order valence-electron chi connectivity index (χ4n) is 0. The van der Waals surface area contributed by atoms with Crippen molar-refractivity contribution in [2.75, 3.05) is 0 Å². The Morgan fingerprint density at radius 3 is 0.140 bits per heavy atom. The SMILES string of the molecule is I[I-]I.I[I-]I.I[I-]I.O.O.O.O.O.O.[Bi+2].[Bi+2].[Bi+2].[I-].[I-].[I-].[I-].[I-].[I-].[I-].[I-].[I-].[I-].[I-].[I-].[I-].[I-].[I-].[I-].[I-].[I-].[I-].[I-].[I-].[Rb+].[Rb+].[Rb+].[Rb+].[Rb+].[Rb+].[Rb+].[Rb+].[Rb+].[Rb+].[Rb+].[Rb+].[Rb+].[Rb+].[Rb+].[Rb+].[Rb+].[Rb+]. The first-order chi connectivity index (χ1) is 4.24. The summed E-state index contributed by atoms with van der Waals surface area (Å²) in [6.07, 6.45) is 0. The Balaban J connectivity index is -0.000000000136. The van der Waals surface area contributed by atoms with Crippen molar-refractivity contribution in [2.45, 2.75) is 0 Å². The normalized spacial score (nSPS) is 1.16. The van der Waals surface area contributed by atoms with E-state index in [1.54, 1.807) is 0 Å². The van der Waals surface area contributed by atoms with Crippen LogP contribution >= 0.6 is 112 Å². The number of hydrogen-bond acceptors (Lipinski definition) is 0. The van der Waals surface area contributed by atoms with E-state index >= 15 is 0 Å². The molecule has 0 fully saturated rings. The molecule has 0 bridgehead atoms. The molecule has 0 heterocycles. The molecule has 291 valence electrons. The maximum Gasteiger partial charge on any atom is 2.00 e. The van der Waals surface area contributed by atoms with Gasteiger partial charge in [0.05, 0.1) is 0 Å². The van der Waals surface area contributed by atoms with Crippen LogP contribution in [-0.2, 0) is 0 Å². The van der Waals surface area contributed by atoms with Crippen molar-refractivity contribution in [1.82, 2.24) is 0 Å². The molecule has 0 aliphatic rings. The van der Waals surface area contributed by atoms with E-state index in [1.165, 1.54) is 0 Å². The molecule has 57 heteroatoms. The van der Waals surface area contributed by atoms with E-state index in [0.717, 1.165) is 0 Å². The van der Waals surface area contributed by atoms with Crippen LogP contribution in [0.1, 0.15) is 0 Å². The van der Waals surface area contributed by atoms with Gasteiger partial charge in [0.15, 0.2) is 0 Å². The Labute approximate surface area is 1740 Å². The molecule has 0 aromatic rings. The van der Waals surface area contributed by atoms with E-state index < -0.39 is 0 Å². The fraction of sp³-hybridized carbons (Fsp3) is 0. The van der Waals surface area contributed by atoms with Crippen molar-refractivity contribution < 1.29 is 1620 Å². The van der Waals surface area contributed by atoms with Gasteiger partial charge in [-0.15, -0.1) is 0 Å². The Hall–Kier alpha value is 56.8. The minimum atomic E-state index is 0. The number of rotatable bonds is 0. The second kappa shape index (κ2) is 394. The number of hydrogen-bond donors (Lipinski definition) is 0. The van der Waals surface area contributed by atoms with Crippen molar-refractivity contribution in [3.05, 3.63) is 0 Å². The van der Waals surface area contributed by atoms with E-state index in [9.17, 15) is 0 Å². The Morgan fingerprint density at radius 2 is 0.140 bits per heavy atom. The summed E-state index contributed by atoms with van der Waals surface area (Å²) in [6.45, 7) is 0. The molecule has 0 unspecified atom stereocenters. The number of halogens is 30. The zero-order valence-corrected chi connectivity index (χ0v) is 197. The van der Waals surface area contributed by atoms with Crippen LogP contribution in [-0.4, -0.2) is 111 Å². The van der Waals surface area contributed by atoms with Crippen LogP contribution in [0.3, 0.4) is 0 Å². The van der Waals surface area contributed by atoms with Gasteiger partial charge in [0, 0.05) is 0 Å². The second-order valence-corrected chi connectivity index (χ2v) is 48.9. The maximum absolute atomic E-state index is 2.39. The third-order valence-corrected chi connectivity index (χ3v) is 0. The minimum Gasteiger partial charge on any atom is -1.00 e. The summed E-state index contributed by atoms with van der Waals surface area (Å²) in [4.78, 5) is 0. The van der Waals surface area contributed by atoms with E-state index in [4.69, 9.17) is 0 Å². The molecule has 12 N–H and O–H groups in total. The summed E-state index contributed by atoms with van der Waals surface area (Å²) in [7, 11) is 0. The molecule has 57 heavy (non-hydrogen) atoms. The van der Waals surface area contributed by atoms with Gasteiger partial charge >= 0.3 is 1280 Å². The molecule has 0 aromatic carbocycles. The molecule has 0 atom stereocenters. The van der Waals surface area contributed by atoms with E-state index in [-0.39, 0.29) is 1660 Å². The van der Waals surface area contributed by atoms with Crippen LogP contribution in [0.5, 0.6) is 0 Å². The standard InChI is InChI=1S/3Bi.3I3.21HI.6H2O.18Rb/c;;;3*1-3-2;;;;;;;;;;;;;;;;;;;;;;;;;;;;;;;;;;;;;;;;;;;;;/h;;;;;;21*1H;6*1H2;;;;;;;;;;;;;;;;;;/q3*+2;3*-1;;;;;;;;;;;;;;;;;;;;;;;;;;;;18*+1/p-21. The monoisotopic (exact) mass is 6070 g/mol. The molecule has 0 aliphatic heterocycles. The van der Waals surface area contributed by atoms with Gasteiger partial charge in [0.1, 0.15) is 0 Å². The third kappa shape index (κ3) is 429. The van der Waals surface area contributed by atoms with Gasteiger partial charge in [-0.25, -0.2) is 0 Å². The summed E-state index contributed by atoms with van der Waals surface area (Å²) >= 11 is 15.9. The van der Waals surface area contributed by atoms with Crippen molar-refractivity contribution >= 4 is 190 Å². The first-order valence-electron chi connectivity index (χ1n) is 0.857. The average Bonchev–Trinajstić information content (AvgIpc) is 1.70. The molecule has 0 amide bonds. The fourth-order valence-corrected chi connectivity index (χ4v) is 0. The molecule has 0 saturated carbocycles. The molecule has 0 aromatic heterocycles. The van der Waals surface area contributed by atoms with Crippen LogP contribution < -0.4 is 1590 Å². The topological polar surface area (TPSA) is 189 Å². The summed E-state index contributed by atoms with van der Waals surface area (Å²) in [6, 6.07) is 0. The van der Waals surface area contributed by atoms with Crippen LogP contribution in [0.25, 0.3) is 0 Å². The van der Waals surface area contributed by atoms with Crippen LogP contribution in [0.2, 0.25) is 0 Å². The van der Waals surface area contributed by atoms with E-state index in [2.05, 4.69) is 112 Å². The van der Waals surface area contributed by atoms with Gasteiger partial charge in [0.25, 0.3) is 0 Å². The predicted octanol–water partition coefficient (Wildman–Crippen LogP) is -127. The largest absolute Gasteiger partial charge is 2.00 e. The van der Waals surface area contributed by atoms with Gasteiger partial charge in [-0.2, -0.15) is 0 Å². The smallest absolute Gasteiger partial charge is 1.00 e. The summed E-state index contributed by atoms with van der Waals surface area (Å²) < 4.78 is 0. The Kier molecular flexibility index (Phi) is 2540.